The topological polar surface area (TPSA) is 39.2 Å². The van der Waals surface area contributed by atoms with Crippen LogP contribution in [0.15, 0.2) is 0 Å². The van der Waals surface area contributed by atoms with Crippen molar-refractivity contribution in [2.75, 3.05) is 66.1 Å². The minimum atomic E-state index is 0.00805. The molecule has 2 fully saturated rings. The fourth-order valence-corrected chi connectivity index (χ4v) is 2.64. The Morgan fingerprint density at radius 1 is 1.17 bits per heavy atom. The molecule has 106 valence electrons. The first-order valence-corrected chi connectivity index (χ1v) is 7.06. The van der Waals surface area contributed by atoms with E-state index in [0.717, 1.165) is 26.2 Å². The standard InChI is InChI=1S/C13H27N3O2/c1-12-11-18-13(10-17)9-16(12)8-7-15-5-3-14(2)4-6-15/h12-13,17H,3-11H2,1-2H3. The molecule has 2 heterocycles. The molecule has 0 aliphatic carbocycles. The van der Waals surface area contributed by atoms with Crippen molar-refractivity contribution in [3.8, 4) is 0 Å². The maximum Gasteiger partial charge on any atom is 0.0933 e. The highest BCUT2D eigenvalue weighted by molar-refractivity contribution is 4.79. The zero-order valence-corrected chi connectivity index (χ0v) is 11.7. The molecule has 2 aliphatic heterocycles. The lowest BCUT2D eigenvalue weighted by Gasteiger charge is -2.39. The monoisotopic (exact) mass is 257 g/mol. The van der Waals surface area contributed by atoms with Gasteiger partial charge in [0, 0.05) is 51.9 Å². The quantitative estimate of drug-likeness (QED) is 0.722. The summed E-state index contributed by atoms with van der Waals surface area (Å²) in [5.41, 5.74) is 0. The van der Waals surface area contributed by atoms with Crippen LogP contribution in [0.1, 0.15) is 6.92 Å². The molecule has 2 rings (SSSR count). The molecule has 2 saturated heterocycles. The number of rotatable bonds is 4. The van der Waals surface area contributed by atoms with Crippen molar-refractivity contribution in [3.63, 3.8) is 0 Å². The lowest BCUT2D eigenvalue weighted by atomic mass is 10.2. The number of hydrogen-bond donors (Lipinski definition) is 1. The zero-order valence-electron chi connectivity index (χ0n) is 11.7. The van der Waals surface area contributed by atoms with E-state index in [4.69, 9.17) is 4.74 Å². The van der Waals surface area contributed by atoms with Gasteiger partial charge in [-0.3, -0.25) is 9.80 Å². The van der Waals surface area contributed by atoms with Crippen molar-refractivity contribution in [1.29, 1.82) is 0 Å². The zero-order chi connectivity index (χ0) is 13.0. The number of aliphatic hydroxyl groups excluding tert-OH is 1. The Hall–Kier alpha value is -0.200. The van der Waals surface area contributed by atoms with Crippen LogP contribution in [0, 0.1) is 0 Å². The van der Waals surface area contributed by atoms with E-state index in [9.17, 15) is 5.11 Å². The molecule has 0 aromatic rings. The Morgan fingerprint density at radius 3 is 2.56 bits per heavy atom. The normalized spacial score (nSPS) is 32.8. The van der Waals surface area contributed by atoms with Gasteiger partial charge in [0.2, 0.25) is 0 Å². The Kier molecular flexibility index (Phi) is 5.38. The van der Waals surface area contributed by atoms with E-state index in [-0.39, 0.29) is 12.7 Å². The van der Waals surface area contributed by atoms with E-state index in [0.29, 0.717) is 6.04 Å². The lowest BCUT2D eigenvalue weighted by molar-refractivity contribution is -0.0796. The Balaban J connectivity index is 1.71. The Morgan fingerprint density at radius 2 is 1.89 bits per heavy atom. The number of likely N-dealkylation sites (N-methyl/N-ethyl adjacent to an activating group) is 1. The van der Waals surface area contributed by atoms with E-state index in [1.165, 1.54) is 26.2 Å². The summed E-state index contributed by atoms with van der Waals surface area (Å²) in [7, 11) is 2.19. The number of aliphatic hydroxyl groups is 1. The average molecular weight is 257 g/mol. The van der Waals surface area contributed by atoms with Gasteiger partial charge >= 0.3 is 0 Å². The third-order valence-corrected chi connectivity index (χ3v) is 4.14. The van der Waals surface area contributed by atoms with Crippen LogP contribution in [-0.4, -0.2) is 98.0 Å². The maximum atomic E-state index is 9.17. The average Bonchev–Trinajstić information content (AvgIpc) is 2.40. The molecule has 1 N–H and O–H groups in total. The lowest BCUT2D eigenvalue weighted by Crippen LogP contribution is -2.53. The van der Waals surface area contributed by atoms with Gasteiger partial charge in [-0.25, -0.2) is 0 Å². The predicted octanol–water partition coefficient (Wildman–Crippen LogP) is -0.685. The van der Waals surface area contributed by atoms with Gasteiger partial charge in [-0.1, -0.05) is 0 Å². The highest BCUT2D eigenvalue weighted by Crippen LogP contribution is 2.11. The van der Waals surface area contributed by atoms with Crippen LogP contribution in [0.3, 0.4) is 0 Å². The Labute approximate surface area is 110 Å². The van der Waals surface area contributed by atoms with Crippen molar-refractivity contribution in [2.24, 2.45) is 0 Å². The van der Waals surface area contributed by atoms with Gasteiger partial charge in [-0.15, -0.1) is 0 Å². The van der Waals surface area contributed by atoms with E-state index < -0.39 is 0 Å². The summed E-state index contributed by atoms with van der Waals surface area (Å²) in [5.74, 6) is 0. The molecular weight excluding hydrogens is 230 g/mol. The second kappa shape index (κ2) is 6.82. The van der Waals surface area contributed by atoms with E-state index in [1.807, 2.05) is 0 Å². The molecule has 0 saturated carbocycles. The summed E-state index contributed by atoms with van der Waals surface area (Å²) in [4.78, 5) is 7.37. The third-order valence-electron chi connectivity index (χ3n) is 4.14. The molecule has 5 heteroatoms. The summed E-state index contributed by atoms with van der Waals surface area (Å²) >= 11 is 0. The van der Waals surface area contributed by atoms with Crippen LogP contribution in [-0.2, 0) is 4.74 Å². The molecule has 5 nitrogen and oxygen atoms in total. The minimum Gasteiger partial charge on any atom is -0.394 e. The van der Waals surface area contributed by atoms with Gasteiger partial charge in [0.05, 0.1) is 19.3 Å². The molecule has 0 amide bonds. The summed E-state index contributed by atoms with van der Waals surface area (Å²) in [6, 6.07) is 0.472. The van der Waals surface area contributed by atoms with Crippen LogP contribution in [0.5, 0.6) is 0 Å². The van der Waals surface area contributed by atoms with Crippen molar-refractivity contribution in [2.45, 2.75) is 19.1 Å². The van der Waals surface area contributed by atoms with Crippen molar-refractivity contribution in [1.82, 2.24) is 14.7 Å². The van der Waals surface area contributed by atoms with E-state index in [2.05, 4.69) is 28.7 Å². The molecular formula is C13H27N3O2. The van der Waals surface area contributed by atoms with Gasteiger partial charge in [-0.05, 0) is 14.0 Å². The summed E-state index contributed by atoms with van der Waals surface area (Å²) in [6.45, 7) is 10.9. The van der Waals surface area contributed by atoms with Crippen LogP contribution >= 0.6 is 0 Å². The first kappa shape index (κ1) is 14.2. The first-order chi connectivity index (χ1) is 8.69. The summed E-state index contributed by atoms with van der Waals surface area (Å²) in [6.07, 6.45) is 0.00805. The molecule has 2 aliphatic rings. The fraction of sp³-hybridized carbons (Fsp3) is 1.00. The summed E-state index contributed by atoms with van der Waals surface area (Å²) < 4.78 is 5.56. The number of piperazine rings is 1. The smallest absolute Gasteiger partial charge is 0.0933 e. The fourth-order valence-electron chi connectivity index (χ4n) is 2.64. The molecule has 0 aromatic carbocycles. The van der Waals surface area contributed by atoms with Crippen LogP contribution in [0.25, 0.3) is 0 Å². The van der Waals surface area contributed by atoms with Gasteiger partial charge in [0.15, 0.2) is 0 Å². The van der Waals surface area contributed by atoms with Crippen molar-refractivity contribution in [3.05, 3.63) is 0 Å². The highest BCUT2D eigenvalue weighted by atomic mass is 16.5. The largest absolute Gasteiger partial charge is 0.394 e. The molecule has 2 unspecified atom stereocenters. The van der Waals surface area contributed by atoms with Gasteiger partial charge in [0.1, 0.15) is 0 Å². The molecule has 0 bridgehead atoms. The third kappa shape index (κ3) is 3.90. The molecule has 18 heavy (non-hydrogen) atoms. The second-order valence-corrected chi connectivity index (χ2v) is 5.63. The Bertz CT molecular complexity index is 244. The number of nitrogens with zero attached hydrogens (tertiary/aromatic N) is 3. The van der Waals surface area contributed by atoms with Gasteiger partial charge in [0.25, 0.3) is 0 Å². The van der Waals surface area contributed by atoms with Crippen LogP contribution < -0.4 is 0 Å². The van der Waals surface area contributed by atoms with E-state index in [1.54, 1.807) is 0 Å². The summed E-state index contributed by atoms with van der Waals surface area (Å²) in [5, 5.41) is 9.17. The molecule has 2 atom stereocenters. The SMILES string of the molecule is CC1COC(CO)CN1CCN1CCN(C)CC1. The van der Waals surface area contributed by atoms with Crippen LogP contribution in [0.4, 0.5) is 0 Å². The minimum absolute atomic E-state index is 0.00805. The van der Waals surface area contributed by atoms with Crippen LogP contribution in [0.2, 0.25) is 0 Å². The second-order valence-electron chi connectivity index (χ2n) is 5.63. The first-order valence-electron chi connectivity index (χ1n) is 7.06. The van der Waals surface area contributed by atoms with Crippen molar-refractivity contribution < 1.29 is 9.84 Å². The molecule has 0 aromatic heterocycles. The maximum absolute atomic E-state index is 9.17. The number of morpholine rings is 1. The number of ether oxygens (including phenoxy) is 1. The molecule has 0 spiro atoms. The van der Waals surface area contributed by atoms with Crippen molar-refractivity contribution >= 4 is 0 Å². The molecule has 0 radical (unpaired) electrons. The van der Waals surface area contributed by atoms with Gasteiger partial charge in [-0.2, -0.15) is 0 Å². The number of hydrogen-bond acceptors (Lipinski definition) is 5. The van der Waals surface area contributed by atoms with Gasteiger partial charge < -0.3 is 14.7 Å². The predicted molar refractivity (Wildman–Crippen MR) is 71.8 cm³/mol. The van der Waals surface area contributed by atoms with E-state index >= 15 is 0 Å². The highest BCUT2D eigenvalue weighted by Gasteiger charge is 2.26.